The summed E-state index contributed by atoms with van der Waals surface area (Å²) in [6, 6.07) is 63.3. The maximum absolute atomic E-state index is 2.49. The lowest BCUT2D eigenvalue weighted by atomic mass is 9.78. The molecule has 0 amide bonds. The van der Waals surface area contributed by atoms with E-state index in [9.17, 15) is 0 Å². The summed E-state index contributed by atoms with van der Waals surface area (Å²) in [5.74, 6) is 0.658. The molecular weight excluding hydrogens is 651 g/mol. The molecule has 0 radical (unpaired) electrons. The van der Waals surface area contributed by atoms with Gasteiger partial charge < -0.3 is 4.90 Å². The van der Waals surface area contributed by atoms with Gasteiger partial charge in [0.2, 0.25) is 0 Å². The second-order valence-electron chi connectivity index (χ2n) is 16.0. The number of hydrogen-bond donors (Lipinski definition) is 0. The van der Waals surface area contributed by atoms with Crippen LogP contribution in [0.5, 0.6) is 0 Å². The molecule has 0 aromatic heterocycles. The molecule has 10 rings (SSSR count). The molecule has 0 saturated heterocycles. The standard InChI is InChI=1S/C53H45N/c1-53(2)49-25-14-24-45(37-15-5-3-6-16-37)52(49)46-32-31-43(35-50(46)53)54(51-26-13-22-36-19-11-12-23-44(36)51)42-29-27-39(28-30-42)48-34-41-21-10-9-20-40(41)33-47(48)38-17-7-4-8-18-38/h4,7-14,17-35,37H,3,5-6,15-16H2,1-2H3. The summed E-state index contributed by atoms with van der Waals surface area (Å²) in [5.41, 5.74) is 15.7. The molecule has 0 spiro atoms. The van der Waals surface area contributed by atoms with Crippen LogP contribution in [0.2, 0.25) is 0 Å². The van der Waals surface area contributed by atoms with E-state index in [1.165, 1.54) is 110 Å². The van der Waals surface area contributed by atoms with Crippen LogP contribution in [0.15, 0.2) is 170 Å². The Labute approximate surface area is 319 Å². The number of nitrogens with zero attached hydrogens (tertiary/aromatic N) is 1. The monoisotopic (exact) mass is 695 g/mol. The Bertz CT molecular complexity index is 2650. The molecule has 2 aliphatic carbocycles. The van der Waals surface area contributed by atoms with Crippen LogP contribution in [-0.2, 0) is 5.41 Å². The van der Waals surface area contributed by atoms with E-state index in [1.54, 1.807) is 5.56 Å². The summed E-state index contributed by atoms with van der Waals surface area (Å²) < 4.78 is 0. The first-order valence-corrected chi connectivity index (χ1v) is 19.8. The third-order valence-electron chi connectivity index (χ3n) is 12.4. The highest BCUT2D eigenvalue weighted by atomic mass is 15.1. The van der Waals surface area contributed by atoms with Crippen molar-refractivity contribution < 1.29 is 0 Å². The van der Waals surface area contributed by atoms with Crippen molar-refractivity contribution >= 4 is 38.6 Å². The van der Waals surface area contributed by atoms with Crippen molar-refractivity contribution in [1.82, 2.24) is 0 Å². The molecule has 0 unspecified atom stereocenters. The first-order chi connectivity index (χ1) is 26.5. The van der Waals surface area contributed by atoms with Crippen LogP contribution in [0.25, 0.3) is 54.9 Å². The normalized spacial score (nSPS) is 14.9. The molecule has 0 aliphatic heterocycles. The van der Waals surface area contributed by atoms with Gasteiger partial charge in [0.25, 0.3) is 0 Å². The molecule has 262 valence electrons. The van der Waals surface area contributed by atoms with E-state index in [0.29, 0.717) is 5.92 Å². The van der Waals surface area contributed by atoms with Crippen molar-refractivity contribution in [2.75, 3.05) is 4.90 Å². The SMILES string of the molecule is CC1(C)c2cc(N(c3ccc(-c4cc5ccccc5cc4-c4ccccc4)cc3)c3cccc4ccccc34)ccc2-c2c(C3CCCCC3)cccc21. The molecule has 2 aliphatic rings. The maximum atomic E-state index is 2.49. The Morgan fingerprint density at radius 2 is 1.07 bits per heavy atom. The van der Waals surface area contributed by atoms with Gasteiger partial charge in [-0.2, -0.15) is 0 Å². The van der Waals surface area contributed by atoms with Gasteiger partial charge in [0.15, 0.2) is 0 Å². The van der Waals surface area contributed by atoms with E-state index >= 15 is 0 Å². The lowest BCUT2D eigenvalue weighted by molar-refractivity contribution is 0.444. The molecule has 1 heteroatoms. The first kappa shape index (κ1) is 32.7. The van der Waals surface area contributed by atoms with Crippen LogP contribution < -0.4 is 4.90 Å². The van der Waals surface area contributed by atoms with Gasteiger partial charge in [-0.15, -0.1) is 0 Å². The molecule has 1 saturated carbocycles. The van der Waals surface area contributed by atoms with Gasteiger partial charge in [-0.1, -0.05) is 161 Å². The average molecular weight is 696 g/mol. The van der Waals surface area contributed by atoms with E-state index in [2.05, 4.69) is 189 Å². The van der Waals surface area contributed by atoms with Gasteiger partial charge in [-0.25, -0.2) is 0 Å². The Morgan fingerprint density at radius 3 is 1.81 bits per heavy atom. The van der Waals surface area contributed by atoms with Gasteiger partial charge in [0, 0.05) is 22.2 Å². The number of anilines is 3. The minimum atomic E-state index is -0.0937. The van der Waals surface area contributed by atoms with Crippen molar-refractivity contribution in [3.63, 3.8) is 0 Å². The van der Waals surface area contributed by atoms with Crippen LogP contribution in [0.4, 0.5) is 17.1 Å². The molecule has 0 bridgehead atoms. The topological polar surface area (TPSA) is 3.24 Å². The molecule has 0 atom stereocenters. The Balaban J connectivity index is 1.12. The number of benzene rings is 8. The van der Waals surface area contributed by atoms with Gasteiger partial charge in [0.05, 0.1) is 5.69 Å². The van der Waals surface area contributed by atoms with Crippen molar-refractivity contribution in [2.24, 2.45) is 0 Å². The molecule has 8 aromatic rings. The Hall–Kier alpha value is -5.92. The van der Waals surface area contributed by atoms with Crippen LogP contribution in [0.1, 0.15) is 68.6 Å². The summed E-state index contributed by atoms with van der Waals surface area (Å²) in [4.78, 5) is 2.48. The zero-order valence-corrected chi connectivity index (χ0v) is 31.2. The minimum absolute atomic E-state index is 0.0937. The zero-order chi connectivity index (χ0) is 36.2. The number of rotatable bonds is 6. The summed E-state index contributed by atoms with van der Waals surface area (Å²) in [7, 11) is 0. The molecule has 1 fully saturated rings. The second kappa shape index (κ2) is 13.2. The fraction of sp³-hybridized carbons (Fsp3) is 0.170. The summed E-state index contributed by atoms with van der Waals surface area (Å²) in [6.07, 6.45) is 6.67. The summed E-state index contributed by atoms with van der Waals surface area (Å²) in [5, 5.41) is 4.99. The number of hydrogen-bond acceptors (Lipinski definition) is 1. The first-order valence-electron chi connectivity index (χ1n) is 19.8. The van der Waals surface area contributed by atoms with Crippen molar-refractivity contribution in [3.05, 3.63) is 187 Å². The third kappa shape index (κ3) is 5.45. The summed E-state index contributed by atoms with van der Waals surface area (Å²) >= 11 is 0. The smallest absolute Gasteiger partial charge is 0.0540 e. The lowest BCUT2D eigenvalue weighted by Crippen LogP contribution is -2.17. The second-order valence-corrected chi connectivity index (χ2v) is 16.0. The quantitative estimate of drug-likeness (QED) is 0.167. The van der Waals surface area contributed by atoms with Gasteiger partial charge in [0.1, 0.15) is 0 Å². The van der Waals surface area contributed by atoms with Gasteiger partial charge in [-0.3, -0.25) is 0 Å². The largest absolute Gasteiger partial charge is 0.310 e. The number of fused-ring (bicyclic) bond motifs is 5. The average Bonchev–Trinajstić information content (AvgIpc) is 3.47. The highest BCUT2D eigenvalue weighted by Gasteiger charge is 2.38. The van der Waals surface area contributed by atoms with Crippen LogP contribution >= 0.6 is 0 Å². The van der Waals surface area contributed by atoms with Gasteiger partial charge in [-0.05, 0) is 127 Å². The van der Waals surface area contributed by atoms with Crippen LogP contribution in [0, 0.1) is 0 Å². The van der Waals surface area contributed by atoms with E-state index in [4.69, 9.17) is 0 Å². The zero-order valence-electron chi connectivity index (χ0n) is 31.2. The predicted octanol–water partition coefficient (Wildman–Crippen LogP) is 15.2. The molecule has 8 aromatic carbocycles. The van der Waals surface area contributed by atoms with E-state index in [-0.39, 0.29) is 5.41 Å². The molecular formula is C53H45N. The van der Waals surface area contributed by atoms with E-state index < -0.39 is 0 Å². The Kier molecular flexibility index (Phi) is 7.99. The lowest BCUT2D eigenvalue weighted by Gasteiger charge is -2.29. The van der Waals surface area contributed by atoms with E-state index in [0.717, 1.165) is 5.69 Å². The molecule has 1 nitrogen and oxygen atoms in total. The summed E-state index contributed by atoms with van der Waals surface area (Å²) in [6.45, 7) is 4.86. The van der Waals surface area contributed by atoms with Crippen molar-refractivity contribution in [1.29, 1.82) is 0 Å². The van der Waals surface area contributed by atoms with Crippen molar-refractivity contribution in [3.8, 4) is 33.4 Å². The van der Waals surface area contributed by atoms with Crippen molar-refractivity contribution in [2.45, 2.75) is 57.3 Å². The van der Waals surface area contributed by atoms with Gasteiger partial charge >= 0.3 is 0 Å². The Morgan fingerprint density at radius 1 is 0.463 bits per heavy atom. The fourth-order valence-electron chi connectivity index (χ4n) is 9.65. The van der Waals surface area contributed by atoms with E-state index in [1.807, 2.05) is 0 Å². The fourth-order valence-corrected chi connectivity index (χ4v) is 9.65. The van der Waals surface area contributed by atoms with Crippen LogP contribution in [-0.4, -0.2) is 0 Å². The third-order valence-corrected chi connectivity index (χ3v) is 12.4. The predicted molar refractivity (Wildman–Crippen MR) is 230 cm³/mol. The van der Waals surface area contributed by atoms with Crippen LogP contribution in [0.3, 0.4) is 0 Å². The minimum Gasteiger partial charge on any atom is -0.310 e. The maximum Gasteiger partial charge on any atom is 0.0540 e. The molecule has 0 heterocycles. The molecule has 0 N–H and O–H groups in total. The highest BCUT2D eigenvalue weighted by molar-refractivity contribution is 6.00. The molecule has 54 heavy (non-hydrogen) atoms. The highest BCUT2D eigenvalue weighted by Crippen LogP contribution is 2.54.